The van der Waals surface area contributed by atoms with Crippen LogP contribution in [0.2, 0.25) is 0 Å². The van der Waals surface area contributed by atoms with E-state index in [4.69, 9.17) is 0 Å². The van der Waals surface area contributed by atoms with E-state index in [0.29, 0.717) is 0 Å². The van der Waals surface area contributed by atoms with Crippen molar-refractivity contribution in [3.05, 3.63) is 0 Å². The van der Waals surface area contributed by atoms with Crippen LogP contribution in [-0.2, 0) is 0 Å². The van der Waals surface area contributed by atoms with Gasteiger partial charge in [-0.05, 0) is 55.8 Å². The molecule has 2 aliphatic rings. The van der Waals surface area contributed by atoms with E-state index in [1.807, 2.05) is 0 Å². The molecule has 0 heterocycles. The Kier molecular flexibility index (Phi) is 4.94. The lowest BCUT2D eigenvalue weighted by Gasteiger charge is -2.49. The van der Waals surface area contributed by atoms with Crippen LogP contribution in [0.3, 0.4) is 0 Å². The maximum atomic E-state index is 2.48. The Bertz CT molecular complexity index is 182. The molecule has 2 rings (SSSR count). The summed E-state index contributed by atoms with van der Waals surface area (Å²) in [5.41, 5.74) is 0.723. The van der Waals surface area contributed by atoms with E-state index in [1.54, 1.807) is 0 Å². The van der Waals surface area contributed by atoms with E-state index < -0.39 is 0 Å². The van der Waals surface area contributed by atoms with Crippen LogP contribution in [0.1, 0.15) is 90.9 Å². The van der Waals surface area contributed by atoms with Crippen molar-refractivity contribution < 1.29 is 0 Å². The fraction of sp³-hybridized carbons (Fsp3) is 1.00. The fourth-order valence-electron chi connectivity index (χ4n) is 5.09. The van der Waals surface area contributed by atoms with Crippen LogP contribution in [0.25, 0.3) is 0 Å². The average molecular weight is 236 g/mol. The van der Waals surface area contributed by atoms with Gasteiger partial charge in [0.25, 0.3) is 0 Å². The molecule has 0 atom stereocenters. The Morgan fingerprint density at radius 1 is 0.647 bits per heavy atom. The normalized spacial score (nSPS) is 25.1. The van der Waals surface area contributed by atoms with Gasteiger partial charge in [0.05, 0.1) is 0 Å². The Morgan fingerprint density at radius 3 is 1.29 bits per heavy atom. The average Bonchev–Trinajstić information content (AvgIpc) is 2.43. The second-order valence-corrected chi connectivity index (χ2v) is 6.61. The molecule has 0 unspecified atom stereocenters. The van der Waals surface area contributed by atoms with E-state index in [1.165, 1.54) is 77.0 Å². The Morgan fingerprint density at radius 2 is 1.00 bits per heavy atom. The molecule has 0 aliphatic heterocycles. The minimum Gasteiger partial charge on any atom is -0.0648 e. The Labute approximate surface area is 109 Å². The first-order chi connectivity index (χ1) is 8.33. The minimum atomic E-state index is 0.723. The summed E-state index contributed by atoms with van der Waals surface area (Å²) in [6, 6.07) is 0. The van der Waals surface area contributed by atoms with Crippen LogP contribution in [0, 0.1) is 17.3 Å². The van der Waals surface area contributed by atoms with Crippen LogP contribution in [0.4, 0.5) is 0 Å². The lowest BCUT2D eigenvalue weighted by molar-refractivity contribution is 0.0139. The molecule has 0 saturated heterocycles. The van der Waals surface area contributed by atoms with E-state index in [-0.39, 0.29) is 0 Å². The highest BCUT2D eigenvalue weighted by molar-refractivity contribution is 4.92. The van der Waals surface area contributed by atoms with Crippen LogP contribution in [-0.4, -0.2) is 0 Å². The van der Waals surface area contributed by atoms with Gasteiger partial charge in [-0.25, -0.2) is 0 Å². The molecule has 17 heavy (non-hydrogen) atoms. The van der Waals surface area contributed by atoms with Crippen LogP contribution < -0.4 is 0 Å². The summed E-state index contributed by atoms with van der Waals surface area (Å²) in [6.07, 6.45) is 18.1. The molecule has 2 fully saturated rings. The molecule has 0 aromatic carbocycles. The van der Waals surface area contributed by atoms with E-state index >= 15 is 0 Å². The first-order valence-electron chi connectivity index (χ1n) is 8.33. The molecule has 0 spiro atoms. The molecule has 0 amide bonds. The van der Waals surface area contributed by atoms with E-state index in [0.717, 1.165) is 17.3 Å². The van der Waals surface area contributed by atoms with Crippen molar-refractivity contribution in [3.8, 4) is 0 Å². The number of hydrogen-bond acceptors (Lipinski definition) is 0. The van der Waals surface area contributed by atoms with Gasteiger partial charge >= 0.3 is 0 Å². The maximum absolute atomic E-state index is 2.48. The van der Waals surface area contributed by atoms with Crippen LogP contribution in [0.5, 0.6) is 0 Å². The van der Waals surface area contributed by atoms with Crippen LogP contribution in [0.15, 0.2) is 0 Å². The van der Waals surface area contributed by atoms with Crippen LogP contribution >= 0.6 is 0 Å². The molecule has 0 bridgehead atoms. The second kappa shape index (κ2) is 6.25. The SMILES string of the molecule is CCC(CC)(C1CCCCC1)C1CCCCC1. The fourth-order valence-corrected chi connectivity index (χ4v) is 5.09. The lowest BCUT2D eigenvalue weighted by atomic mass is 9.56. The maximum Gasteiger partial charge on any atom is -0.0246 e. The van der Waals surface area contributed by atoms with Crippen molar-refractivity contribution in [2.24, 2.45) is 17.3 Å². The summed E-state index contributed by atoms with van der Waals surface area (Å²) in [5, 5.41) is 0. The van der Waals surface area contributed by atoms with Crippen molar-refractivity contribution in [3.63, 3.8) is 0 Å². The summed E-state index contributed by atoms with van der Waals surface area (Å²) in [4.78, 5) is 0. The highest BCUT2D eigenvalue weighted by Gasteiger charge is 2.42. The first kappa shape index (κ1) is 13.4. The molecule has 2 saturated carbocycles. The van der Waals surface area contributed by atoms with Gasteiger partial charge < -0.3 is 0 Å². The molecule has 0 radical (unpaired) electrons. The summed E-state index contributed by atoms with van der Waals surface area (Å²) in [6.45, 7) is 4.96. The quantitative estimate of drug-likeness (QED) is 0.565. The van der Waals surface area contributed by atoms with Gasteiger partial charge in [0.15, 0.2) is 0 Å². The summed E-state index contributed by atoms with van der Waals surface area (Å²) in [5.74, 6) is 2.13. The third-order valence-electron chi connectivity index (χ3n) is 6.15. The standard InChI is InChI=1S/C17H32/c1-3-17(4-2,15-11-7-5-8-12-15)16-13-9-6-10-14-16/h15-16H,3-14H2,1-2H3. The molecule has 100 valence electrons. The smallest absolute Gasteiger partial charge is 0.0246 e. The van der Waals surface area contributed by atoms with Crippen molar-refractivity contribution in [2.45, 2.75) is 90.9 Å². The molecule has 0 N–H and O–H groups in total. The highest BCUT2D eigenvalue weighted by atomic mass is 14.5. The molecule has 0 nitrogen and oxygen atoms in total. The minimum absolute atomic E-state index is 0.723. The van der Waals surface area contributed by atoms with E-state index in [9.17, 15) is 0 Å². The molecule has 0 aromatic rings. The van der Waals surface area contributed by atoms with Gasteiger partial charge in [0.1, 0.15) is 0 Å². The van der Waals surface area contributed by atoms with Crippen molar-refractivity contribution in [1.29, 1.82) is 0 Å². The first-order valence-corrected chi connectivity index (χ1v) is 8.33. The van der Waals surface area contributed by atoms with Gasteiger partial charge in [-0.1, -0.05) is 52.4 Å². The summed E-state index contributed by atoms with van der Waals surface area (Å²) < 4.78 is 0. The second-order valence-electron chi connectivity index (χ2n) is 6.61. The third kappa shape index (κ3) is 2.71. The predicted octanol–water partition coefficient (Wildman–Crippen LogP) is 5.95. The van der Waals surface area contributed by atoms with E-state index in [2.05, 4.69) is 13.8 Å². The van der Waals surface area contributed by atoms with Gasteiger partial charge in [-0.3, -0.25) is 0 Å². The number of hydrogen-bond donors (Lipinski definition) is 0. The van der Waals surface area contributed by atoms with Gasteiger partial charge in [-0.15, -0.1) is 0 Å². The monoisotopic (exact) mass is 236 g/mol. The van der Waals surface area contributed by atoms with Crippen molar-refractivity contribution in [1.82, 2.24) is 0 Å². The zero-order valence-electron chi connectivity index (χ0n) is 12.1. The lowest BCUT2D eigenvalue weighted by Crippen LogP contribution is -2.39. The van der Waals surface area contributed by atoms with Crippen molar-refractivity contribution >= 4 is 0 Å². The Hall–Kier alpha value is 0. The largest absolute Gasteiger partial charge is 0.0648 e. The molecule has 0 heteroatoms. The van der Waals surface area contributed by atoms with Gasteiger partial charge in [0, 0.05) is 0 Å². The molecule has 2 aliphatic carbocycles. The van der Waals surface area contributed by atoms with Crippen molar-refractivity contribution in [2.75, 3.05) is 0 Å². The van der Waals surface area contributed by atoms with Gasteiger partial charge in [0.2, 0.25) is 0 Å². The summed E-state index contributed by atoms with van der Waals surface area (Å²) in [7, 11) is 0. The zero-order valence-corrected chi connectivity index (χ0v) is 12.1. The zero-order chi connectivity index (χ0) is 12.1. The topological polar surface area (TPSA) is 0 Å². The molecule has 0 aromatic heterocycles. The molecular weight excluding hydrogens is 204 g/mol. The number of rotatable bonds is 4. The highest BCUT2D eigenvalue weighted by Crippen LogP contribution is 2.52. The Balaban J connectivity index is 2.10. The summed E-state index contributed by atoms with van der Waals surface area (Å²) >= 11 is 0. The van der Waals surface area contributed by atoms with Gasteiger partial charge in [-0.2, -0.15) is 0 Å². The third-order valence-corrected chi connectivity index (χ3v) is 6.15. The predicted molar refractivity (Wildman–Crippen MR) is 76.2 cm³/mol. The molecular formula is C17H32.